The summed E-state index contributed by atoms with van der Waals surface area (Å²) in [7, 11) is 2.21. The molecular weight excluding hydrogens is 366 g/mol. The number of likely N-dealkylation sites (tertiary alicyclic amines) is 1. The third kappa shape index (κ3) is 3.70. The molecule has 0 radical (unpaired) electrons. The number of piperidine rings is 1. The molecule has 2 aliphatic heterocycles. The van der Waals surface area contributed by atoms with Crippen molar-refractivity contribution in [2.45, 2.75) is 32.4 Å². The highest BCUT2D eigenvalue weighted by atomic mass is 16.3. The van der Waals surface area contributed by atoms with Crippen LogP contribution >= 0.6 is 0 Å². The molecule has 4 heterocycles. The van der Waals surface area contributed by atoms with Gasteiger partial charge in [-0.15, -0.1) is 0 Å². The number of nitrogens with zero attached hydrogens (tertiary/aromatic N) is 4. The van der Waals surface area contributed by atoms with Crippen LogP contribution in [0.5, 0.6) is 0 Å². The number of aryl methyl sites for hydroxylation is 1. The van der Waals surface area contributed by atoms with Gasteiger partial charge in [0.25, 0.3) is 5.56 Å². The number of piperazine rings is 1. The first-order valence-electron chi connectivity index (χ1n) is 10.6. The second-order valence-corrected chi connectivity index (χ2v) is 8.64. The average molecular weight is 396 g/mol. The Labute approximate surface area is 170 Å². The van der Waals surface area contributed by atoms with E-state index in [0.29, 0.717) is 23.2 Å². The summed E-state index contributed by atoms with van der Waals surface area (Å²) in [5, 5.41) is 0.916. The van der Waals surface area contributed by atoms with Gasteiger partial charge in [-0.25, -0.2) is 4.98 Å². The van der Waals surface area contributed by atoms with Crippen molar-refractivity contribution in [2.75, 3.05) is 46.3 Å². The zero-order valence-corrected chi connectivity index (χ0v) is 17.3. The van der Waals surface area contributed by atoms with Gasteiger partial charge in [-0.2, -0.15) is 0 Å². The Morgan fingerprint density at radius 3 is 2.66 bits per heavy atom. The van der Waals surface area contributed by atoms with E-state index in [2.05, 4.69) is 26.7 Å². The second-order valence-electron chi connectivity index (χ2n) is 8.64. The number of H-pyrrole nitrogens is 1. The highest BCUT2D eigenvalue weighted by Gasteiger charge is 2.26. The maximum atomic E-state index is 12.6. The van der Waals surface area contributed by atoms with Crippen LogP contribution in [0, 0.1) is 6.92 Å². The van der Waals surface area contributed by atoms with Crippen molar-refractivity contribution < 1.29 is 4.42 Å². The van der Waals surface area contributed by atoms with E-state index in [0.717, 1.165) is 49.0 Å². The van der Waals surface area contributed by atoms with Crippen LogP contribution in [0.15, 0.2) is 27.4 Å². The SMILES string of the molecule is Cc1ccc2oc3c(=O)[nH]c(CN4CCN(C5CCN(C)CC5)CC4)nc3c2c1. The van der Waals surface area contributed by atoms with Crippen LogP contribution in [0.25, 0.3) is 22.1 Å². The van der Waals surface area contributed by atoms with Crippen molar-refractivity contribution in [1.29, 1.82) is 0 Å². The third-order valence-electron chi connectivity index (χ3n) is 6.51. The lowest BCUT2D eigenvalue weighted by Gasteiger charge is -2.42. The zero-order valence-electron chi connectivity index (χ0n) is 17.3. The minimum Gasteiger partial charge on any atom is -0.449 e. The molecule has 1 N–H and O–H groups in total. The molecular formula is C22H29N5O2. The van der Waals surface area contributed by atoms with Crippen LogP contribution < -0.4 is 5.56 Å². The Morgan fingerprint density at radius 1 is 1.14 bits per heavy atom. The van der Waals surface area contributed by atoms with E-state index >= 15 is 0 Å². The highest BCUT2D eigenvalue weighted by Crippen LogP contribution is 2.26. The molecule has 3 aromatic rings. The maximum Gasteiger partial charge on any atom is 0.294 e. The van der Waals surface area contributed by atoms with E-state index in [4.69, 9.17) is 9.40 Å². The van der Waals surface area contributed by atoms with E-state index in [1.165, 1.54) is 25.9 Å². The summed E-state index contributed by atoms with van der Waals surface area (Å²) in [6, 6.07) is 6.66. The summed E-state index contributed by atoms with van der Waals surface area (Å²) in [6.45, 7) is 9.32. The molecule has 154 valence electrons. The summed E-state index contributed by atoms with van der Waals surface area (Å²) >= 11 is 0. The number of hydrogen-bond acceptors (Lipinski definition) is 6. The van der Waals surface area contributed by atoms with Gasteiger partial charge in [0.15, 0.2) is 0 Å². The highest BCUT2D eigenvalue weighted by molar-refractivity contribution is 6.02. The van der Waals surface area contributed by atoms with E-state index in [9.17, 15) is 4.79 Å². The fourth-order valence-corrected chi connectivity index (χ4v) is 4.75. The minimum absolute atomic E-state index is 0.191. The van der Waals surface area contributed by atoms with Crippen molar-refractivity contribution in [3.05, 3.63) is 39.9 Å². The number of aromatic nitrogens is 2. The molecule has 2 aliphatic rings. The normalized spacial score (nSPS) is 20.8. The summed E-state index contributed by atoms with van der Waals surface area (Å²) in [5.41, 5.74) is 2.65. The molecule has 5 rings (SSSR count). The molecule has 2 aromatic heterocycles. The fraction of sp³-hybridized carbons (Fsp3) is 0.545. The lowest BCUT2D eigenvalue weighted by Crippen LogP contribution is -2.52. The molecule has 7 heteroatoms. The van der Waals surface area contributed by atoms with Gasteiger partial charge in [0, 0.05) is 37.6 Å². The van der Waals surface area contributed by atoms with Crippen LogP contribution in [0.3, 0.4) is 0 Å². The smallest absolute Gasteiger partial charge is 0.294 e. The molecule has 29 heavy (non-hydrogen) atoms. The predicted octanol–water partition coefficient (Wildman–Crippen LogP) is 2.19. The summed E-state index contributed by atoms with van der Waals surface area (Å²) in [6.07, 6.45) is 2.55. The number of furan rings is 1. The average Bonchev–Trinajstić information content (AvgIpc) is 3.08. The molecule has 0 amide bonds. The van der Waals surface area contributed by atoms with Gasteiger partial charge in [0.2, 0.25) is 5.58 Å². The Hall–Kier alpha value is -2.22. The van der Waals surface area contributed by atoms with Crippen LogP contribution in [0.4, 0.5) is 0 Å². The van der Waals surface area contributed by atoms with Crippen LogP contribution in [0.2, 0.25) is 0 Å². The fourth-order valence-electron chi connectivity index (χ4n) is 4.75. The number of rotatable bonds is 3. The van der Waals surface area contributed by atoms with Crippen molar-refractivity contribution in [2.24, 2.45) is 0 Å². The Bertz CT molecular complexity index is 1070. The lowest BCUT2D eigenvalue weighted by molar-refractivity contribution is 0.0609. The molecule has 7 nitrogen and oxygen atoms in total. The maximum absolute atomic E-state index is 12.6. The minimum atomic E-state index is -0.191. The molecule has 2 saturated heterocycles. The zero-order chi connectivity index (χ0) is 20.0. The topological polar surface area (TPSA) is 68.6 Å². The molecule has 2 fully saturated rings. The molecule has 0 bridgehead atoms. The van der Waals surface area contributed by atoms with Crippen LogP contribution in [-0.4, -0.2) is 77.0 Å². The van der Waals surface area contributed by atoms with Crippen LogP contribution in [-0.2, 0) is 6.54 Å². The largest absolute Gasteiger partial charge is 0.449 e. The number of fused-ring (bicyclic) bond motifs is 3. The molecule has 0 spiro atoms. The van der Waals surface area contributed by atoms with Gasteiger partial charge < -0.3 is 14.3 Å². The first-order chi connectivity index (χ1) is 14.1. The number of benzene rings is 1. The van der Waals surface area contributed by atoms with Gasteiger partial charge in [0.05, 0.1) is 6.54 Å². The summed E-state index contributed by atoms with van der Waals surface area (Å²) in [5.74, 6) is 0.722. The van der Waals surface area contributed by atoms with Crippen molar-refractivity contribution in [3.8, 4) is 0 Å². The van der Waals surface area contributed by atoms with Gasteiger partial charge in [0.1, 0.15) is 16.9 Å². The first kappa shape index (κ1) is 18.8. The number of hydrogen-bond donors (Lipinski definition) is 1. The van der Waals surface area contributed by atoms with Crippen LogP contribution in [0.1, 0.15) is 24.2 Å². The van der Waals surface area contributed by atoms with Crippen molar-refractivity contribution in [3.63, 3.8) is 0 Å². The number of aromatic amines is 1. The first-order valence-corrected chi connectivity index (χ1v) is 10.6. The van der Waals surface area contributed by atoms with Gasteiger partial charge >= 0.3 is 0 Å². The predicted molar refractivity (Wildman–Crippen MR) is 114 cm³/mol. The molecule has 0 unspecified atom stereocenters. The van der Waals surface area contributed by atoms with Gasteiger partial charge in [-0.05, 0) is 52.0 Å². The van der Waals surface area contributed by atoms with E-state index in [1.807, 2.05) is 25.1 Å². The quantitative estimate of drug-likeness (QED) is 0.733. The standard InChI is InChI=1S/C22H29N5O2/c1-15-3-4-18-17(13-15)20-21(29-18)22(28)24-19(23-20)14-26-9-11-27(12-10-26)16-5-7-25(2)8-6-16/h3-4,13,16H,5-12,14H2,1-2H3,(H,23,24,28). The second kappa shape index (κ2) is 7.55. The number of nitrogens with one attached hydrogen (secondary N) is 1. The Kier molecular flexibility index (Phi) is 4.89. The van der Waals surface area contributed by atoms with Crippen molar-refractivity contribution in [1.82, 2.24) is 24.7 Å². The molecule has 0 atom stereocenters. The Morgan fingerprint density at radius 2 is 1.90 bits per heavy atom. The van der Waals surface area contributed by atoms with E-state index in [-0.39, 0.29) is 5.56 Å². The van der Waals surface area contributed by atoms with E-state index < -0.39 is 0 Å². The monoisotopic (exact) mass is 395 g/mol. The van der Waals surface area contributed by atoms with Gasteiger partial charge in [-0.1, -0.05) is 11.6 Å². The third-order valence-corrected chi connectivity index (χ3v) is 6.51. The Balaban J connectivity index is 1.30. The lowest BCUT2D eigenvalue weighted by atomic mass is 10.0. The molecule has 1 aromatic carbocycles. The van der Waals surface area contributed by atoms with E-state index in [1.54, 1.807) is 0 Å². The van der Waals surface area contributed by atoms with Crippen molar-refractivity contribution >= 4 is 22.1 Å². The van der Waals surface area contributed by atoms with Gasteiger partial charge in [-0.3, -0.25) is 14.6 Å². The summed E-state index contributed by atoms with van der Waals surface area (Å²) < 4.78 is 5.74. The molecule has 0 aliphatic carbocycles. The summed E-state index contributed by atoms with van der Waals surface area (Å²) in [4.78, 5) is 27.7. The molecule has 0 saturated carbocycles.